The lowest BCUT2D eigenvalue weighted by Gasteiger charge is -2.24. The second kappa shape index (κ2) is 7.03. The van der Waals surface area contributed by atoms with Crippen LogP contribution >= 0.6 is 0 Å². The van der Waals surface area contributed by atoms with Crippen LogP contribution in [0.15, 0.2) is 24.3 Å². The van der Waals surface area contributed by atoms with Crippen LogP contribution in [0.2, 0.25) is 0 Å². The molecule has 1 aromatic rings. The molecule has 0 bridgehead atoms. The average Bonchev–Trinajstić information content (AvgIpc) is 2.95. The van der Waals surface area contributed by atoms with Gasteiger partial charge < -0.3 is 5.11 Å². The predicted molar refractivity (Wildman–Crippen MR) is 79.8 cm³/mol. The number of hydrogen-bond acceptors (Lipinski definition) is 4. The van der Waals surface area contributed by atoms with Gasteiger partial charge in [-0.25, -0.2) is 8.42 Å². The van der Waals surface area contributed by atoms with Gasteiger partial charge in [0.1, 0.15) is 0 Å². The normalized spacial score (nSPS) is 19.5. The van der Waals surface area contributed by atoms with Gasteiger partial charge in [0, 0.05) is 19.2 Å². The Labute approximate surface area is 125 Å². The van der Waals surface area contributed by atoms with Crippen molar-refractivity contribution in [2.24, 2.45) is 0 Å². The molecule has 114 valence electrons. The molecule has 0 amide bonds. The van der Waals surface area contributed by atoms with Crippen LogP contribution in [-0.4, -0.2) is 37.0 Å². The first-order chi connectivity index (χ1) is 10.1. The Morgan fingerprint density at radius 3 is 2.67 bits per heavy atom. The third-order valence-corrected chi connectivity index (χ3v) is 5.70. The molecular weight excluding hydrogens is 288 g/mol. The Kier molecular flexibility index (Phi) is 5.34. The molecule has 1 unspecified atom stereocenters. The van der Waals surface area contributed by atoms with Crippen molar-refractivity contribution in [1.82, 2.24) is 4.31 Å². The molecule has 0 aromatic heterocycles. The summed E-state index contributed by atoms with van der Waals surface area (Å²) in [6.07, 6.45) is 3.09. The van der Waals surface area contributed by atoms with Gasteiger partial charge in [-0.1, -0.05) is 12.1 Å². The average molecular weight is 308 g/mol. The number of nitrogens with zero attached hydrogens (tertiary/aromatic N) is 2. The van der Waals surface area contributed by atoms with E-state index in [2.05, 4.69) is 0 Å². The highest BCUT2D eigenvalue weighted by Gasteiger charge is 2.33. The van der Waals surface area contributed by atoms with Gasteiger partial charge >= 0.3 is 0 Å². The van der Waals surface area contributed by atoms with E-state index in [-0.39, 0.29) is 18.4 Å². The summed E-state index contributed by atoms with van der Waals surface area (Å²) in [5.74, 6) is -0.0334. The SMILES string of the molecule is N#Cc1ccc(CS(=O)(=O)N2CCCC2CCCO)cc1. The minimum Gasteiger partial charge on any atom is -0.396 e. The Morgan fingerprint density at radius 2 is 2.05 bits per heavy atom. The lowest BCUT2D eigenvalue weighted by molar-refractivity contribution is 0.264. The highest BCUT2D eigenvalue weighted by molar-refractivity contribution is 7.88. The maximum atomic E-state index is 12.5. The number of rotatable bonds is 6. The van der Waals surface area contributed by atoms with Crippen LogP contribution in [0.5, 0.6) is 0 Å². The maximum absolute atomic E-state index is 12.5. The van der Waals surface area contributed by atoms with Crippen molar-refractivity contribution < 1.29 is 13.5 Å². The third kappa shape index (κ3) is 4.03. The van der Waals surface area contributed by atoms with E-state index >= 15 is 0 Å². The fourth-order valence-electron chi connectivity index (χ4n) is 2.76. The van der Waals surface area contributed by atoms with Crippen molar-refractivity contribution in [3.05, 3.63) is 35.4 Å². The quantitative estimate of drug-likeness (QED) is 0.866. The van der Waals surface area contributed by atoms with E-state index in [1.807, 2.05) is 6.07 Å². The second-order valence-electron chi connectivity index (χ2n) is 5.34. The molecule has 0 saturated carbocycles. The van der Waals surface area contributed by atoms with Crippen molar-refractivity contribution >= 4 is 10.0 Å². The van der Waals surface area contributed by atoms with E-state index in [9.17, 15) is 8.42 Å². The zero-order valence-corrected chi connectivity index (χ0v) is 12.7. The summed E-state index contributed by atoms with van der Waals surface area (Å²) < 4.78 is 26.6. The number of sulfonamides is 1. The van der Waals surface area contributed by atoms with Crippen molar-refractivity contribution in [3.8, 4) is 6.07 Å². The monoisotopic (exact) mass is 308 g/mol. The minimum absolute atomic E-state index is 0.0144. The van der Waals surface area contributed by atoms with Gasteiger partial charge in [-0.3, -0.25) is 0 Å². The molecule has 1 fully saturated rings. The Bertz CT molecular complexity index is 605. The Hall–Kier alpha value is -1.42. The zero-order chi connectivity index (χ0) is 15.3. The van der Waals surface area contributed by atoms with Gasteiger partial charge in [-0.05, 0) is 43.4 Å². The summed E-state index contributed by atoms with van der Waals surface area (Å²) >= 11 is 0. The summed E-state index contributed by atoms with van der Waals surface area (Å²) in [7, 11) is -3.34. The van der Waals surface area contributed by atoms with Crippen LogP contribution in [0, 0.1) is 11.3 Å². The molecule has 1 aliphatic heterocycles. The van der Waals surface area contributed by atoms with E-state index in [0.29, 0.717) is 30.5 Å². The zero-order valence-electron chi connectivity index (χ0n) is 11.9. The van der Waals surface area contributed by atoms with Crippen LogP contribution in [0.3, 0.4) is 0 Å². The highest BCUT2D eigenvalue weighted by atomic mass is 32.2. The number of benzene rings is 1. The van der Waals surface area contributed by atoms with Crippen LogP contribution in [0.1, 0.15) is 36.8 Å². The van der Waals surface area contributed by atoms with Gasteiger partial charge in [-0.2, -0.15) is 9.57 Å². The summed E-state index contributed by atoms with van der Waals surface area (Å²) in [6, 6.07) is 8.69. The maximum Gasteiger partial charge on any atom is 0.218 e. The Morgan fingerprint density at radius 1 is 1.33 bits per heavy atom. The lowest BCUT2D eigenvalue weighted by Crippen LogP contribution is -2.36. The van der Waals surface area contributed by atoms with Gasteiger partial charge in [-0.15, -0.1) is 0 Å². The molecule has 0 spiro atoms. The van der Waals surface area contributed by atoms with E-state index in [4.69, 9.17) is 10.4 Å². The number of aliphatic hydroxyl groups excluding tert-OH is 1. The van der Waals surface area contributed by atoms with Crippen LogP contribution in [0.25, 0.3) is 0 Å². The number of nitriles is 1. The van der Waals surface area contributed by atoms with E-state index in [1.54, 1.807) is 28.6 Å². The molecule has 0 aliphatic carbocycles. The molecule has 1 aliphatic rings. The van der Waals surface area contributed by atoms with Gasteiger partial charge in [0.05, 0.1) is 17.4 Å². The fraction of sp³-hybridized carbons (Fsp3) is 0.533. The third-order valence-electron chi connectivity index (χ3n) is 3.81. The van der Waals surface area contributed by atoms with Crippen LogP contribution in [-0.2, 0) is 15.8 Å². The first-order valence-electron chi connectivity index (χ1n) is 7.16. The van der Waals surface area contributed by atoms with E-state index in [1.165, 1.54) is 0 Å². The van der Waals surface area contributed by atoms with Crippen molar-refractivity contribution in [2.45, 2.75) is 37.5 Å². The molecule has 1 saturated heterocycles. The number of aliphatic hydroxyl groups is 1. The first-order valence-corrected chi connectivity index (χ1v) is 8.77. The number of hydrogen-bond donors (Lipinski definition) is 1. The smallest absolute Gasteiger partial charge is 0.218 e. The topological polar surface area (TPSA) is 81.4 Å². The molecule has 1 N–H and O–H groups in total. The summed E-state index contributed by atoms with van der Waals surface area (Å²) in [4.78, 5) is 0. The van der Waals surface area contributed by atoms with Crippen LogP contribution < -0.4 is 0 Å². The van der Waals surface area contributed by atoms with Gasteiger partial charge in [0.15, 0.2) is 0 Å². The Balaban J connectivity index is 2.08. The minimum atomic E-state index is -3.34. The molecule has 21 heavy (non-hydrogen) atoms. The first kappa shape index (κ1) is 16.0. The lowest BCUT2D eigenvalue weighted by atomic mass is 10.1. The molecule has 0 radical (unpaired) electrons. The van der Waals surface area contributed by atoms with Crippen LogP contribution in [0.4, 0.5) is 0 Å². The second-order valence-corrected chi connectivity index (χ2v) is 7.26. The summed E-state index contributed by atoms with van der Waals surface area (Å²) in [5, 5.41) is 17.7. The largest absolute Gasteiger partial charge is 0.396 e. The van der Waals surface area contributed by atoms with Gasteiger partial charge in [0.2, 0.25) is 10.0 Å². The molecule has 5 nitrogen and oxygen atoms in total. The summed E-state index contributed by atoms with van der Waals surface area (Å²) in [5.41, 5.74) is 1.22. The van der Waals surface area contributed by atoms with Crippen molar-refractivity contribution in [1.29, 1.82) is 5.26 Å². The fourth-order valence-corrected chi connectivity index (χ4v) is 4.61. The van der Waals surface area contributed by atoms with Crippen molar-refractivity contribution in [2.75, 3.05) is 13.2 Å². The molecule has 6 heteroatoms. The van der Waals surface area contributed by atoms with Gasteiger partial charge in [0.25, 0.3) is 0 Å². The molecule has 1 aromatic carbocycles. The standard InChI is InChI=1S/C15H20N2O3S/c16-11-13-5-7-14(8-6-13)12-21(19,20)17-9-1-3-15(17)4-2-10-18/h5-8,15,18H,1-4,9-10,12H2. The highest BCUT2D eigenvalue weighted by Crippen LogP contribution is 2.26. The summed E-state index contributed by atoms with van der Waals surface area (Å²) in [6.45, 7) is 0.661. The van der Waals surface area contributed by atoms with Crippen molar-refractivity contribution in [3.63, 3.8) is 0 Å². The molecule has 2 rings (SSSR count). The molecular formula is C15H20N2O3S. The van der Waals surface area contributed by atoms with E-state index in [0.717, 1.165) is 12.8 Å². The predicted octanol–water partition coefficient (Wildman–Crippen LogP) is 1.62. The molecule has 1 atom stereocenters. The van der Waals surface area contributed by atoms with E-state index < -0.39 is 10.0 Å². The molecule has 1 heterocycles.